The zero-order valence-electron chi connectivity index (χ0n) is 22.1. The van der Waals surface area contributed by atoms with Crippen LogP contribution in [0.2, 0.25) is 0 Å². The molecule has 212 valence electrons. The van der Waals surface area contributed by atoms with Crippen molar-refractivity contribution in [1.82, 2.24) is 9.55 Å². The van der Waals surface area contributed by atoms with Gasteiger partial charge in [0.1, 0.15) is 22.3 Å². The molecule has 12 heteroatoms. The molecule has 41 heavy (non-hydrogen) atoms. The van der Waals surface area contributed by atoms with Crippen LogP contribution in [-0.4, -0.2) is 25.1 Å². The fraction of sp³-hybridized carbons (Fsp3) is 0.172. The van der Waals surface area contributed by atoms with Crippen molar-refractivity contribution in [2.75, 3.05) is 11.4 Å². The molecule has 0 aliphatic heterocycles. The van der Waals surface area contributed by atoms with Gasteiger partial charge in [-0.2, -0.15) is 4.39 Å². The summed E-state index contributed by atoms with van der Waals surface area (Å²) in [5, 5.41) is 0. The highest BCUT2D eigenvalue weighted by molar-refractivity contribution is 14.1. The lowest BCUT2D eigenvalue weighted by Gasteiger charge is -2.25. The molecule has 0 unspecified atom stereocenters. The number of hydrogen-bond donors (Lipinski definition) is 0. The van der Waals surface area contributed by atoms with Crippen LogP contribution >= 0.6 is 22.6 Å². The van der Waals surface area contributed by atoms with Crippen molar-refractivity contribution in [3.8, 4) is 5.75 Å². The minimum atomic E-state index is -4.68. The zero-order valence-corrected chi connectivity index (χ0v) is 25.1. The molecule has 0 fully saturated rings. The molecular weight excluding hydrogens is 667 g/mol. The minimum Gasteiger partial charge on any atom is -0.497 e. The summed E-state index contributed by atoms with van der Waals surface area (Å²) < 4.78 is 71.5. The Morgan fingerprint density at radius 2 is 1.83 bits per heavy atom. The second kappa shape index (κ2) is 11.2. The second-order valence-corrected chi connectivity index (χ2v) is 12.3. The standard InChI is InChI=1S/C29H24F2IN3O5S/c1-17-13-20(39-3)12-11-19(17)16-34(28-10-6-9-27(31)33-28)41(37,38)26-15-25-24(14-22(26)30)35(29(36)40-25)18(2)21-7-4-5-8-23(21)32/h4-15,18H,16H2,1-3H3/t18-/m1/s1. The fourth-order valence-corrected chi connectivity index (χ4v) is 6.92. The number of pyridine rings is 1. The maximum Gasteiger partial charge on any atom is 0.420 e. The van der Waals surface area contributed by atoms with Gasteiger partial charge >= 0.3 is 5.76 Å². The van der Waals surface area contributed by atoms with Gasteiger partial charge in [0.15, 0.2) is 5.58 Å². The summed E-state index contributed by atoms with van der Waals surface area (Å²) in [6.45, 7) is 3.26. The molecule has 0 N–H and O–H groups in total. The highest BCUT2D eigenvalue weighted by atomic mass is 127. The van der Waals surface area contributed by atoms with Crippen LogP contribution in [0.1, 0.15) is 29.7 Å². The Kier molecular flexibility index (Phi) is 7.88. The predicted molar refractivity (Wildman–Crippen MR) is 159 cm³/mol. The summed E-state index contributed by atoms with van der Waals surface area (Å²) >= 11 is 2.14. The van der Waals surface area contributed by atoms with E-state index < -0.39 is 38.5 Å². The molecule has 1 atom stereocenters. The third kappa shape index (κ3) is 5.45. The Bertz CT molecular complexity index is 1940. The van der Waals surface area contributed by atoms with Crippen LogP contribution in [0.25, 0.3) is 11.1 Å². The maximum atomic E-state index is 15.7. The number of aromatic nitrogens is 2. The van der Waals surface area contributed by atoms with E-state index in [4.69, 9.17) is 9.15 Å². The molecule has 0 amide bonds. The SMILES string of the molecule is COc1ccc(CN(c2cccc(F)n2)S(=O)(=O)c2cc3oc(=O)n([C@H](C)c4ccccc4I)c3cc2F)c(C)c1. The van der Waals surface area contributed by atoms with Crippen LogP contribution in [0, 0.1) is 22.3 Å². The van der Waals surface area contributed by atoms with E-state index in [-0.39, 0.29) is 23.5 Å². The topological polar surface area (TPSA) is 94.6 Å². The number of fused-ring (bicyclic) bond motifs is 1. The summed E-state index contributed by atoms with van der Waals surface area (Å²) in [7, 11) is -3.17. The molecule has 2 aromatic heterocycles. The van der Waals surface area contributed by atoms with Crippen LogP contribution in [0.15, 0.2) is 86.9 Å². The van der Waals surface area contributed by atoms with Crippen molar-refractivity contribution in [2.45, 2.75) is 31.3 Å². The number of oxazole rings is 1. The highest BCUT2D eigenvalue weighted by Crippen LogP contribution is 2.32. The minimum absolute atomic E-state index is 0.0973. The number of methoxy groups -OCH3 is 1. The average Bonchev–Trinajstić information content (AvgIpc) is 3.25. The third-order valence-corrected chi connectivity index (χ3v) is 9.54. The van der Waals surface area contributed by atoms with Gasteiger partial charge < -0.3 is 9.15 Å². The van der Waals surface area contributed by atoms with Gasteiger partial charge in [-0.25, -0.2) is 26.9 Å². The first-order valence-corrected chi connectivity index (χ1v) is 14.9. The Morgan fingerprint density at radius 3 is 2.51 bits per heavy atom. The fourth-order valence-electron chi connectivity index (χ4n) is 4.62. The molecular formula is C29H24F2IN3O5S. The number of hydrogen-bond acceptors (Lipinski definition) is 6. The van der Waals surface area contributed by atoms with Crippen LogP contribution in [-0.2, 0) is 16.6 Å². The number of anilines is 1. The van der Waals surface area contributed by atoms with Gasteiger partial charge in [-0.3, -0.25) is 4.57 Å². The van der Waals surface area contributed by atoms with Gasteiger partial charge in [-0.15, -0.1) is 0 Å². The number of nitrogens with zero attached hydrogens (tertiary/aromatic N) is 3. The largest absolute Gasteiger partial charge is 0.497 e. The molecule has 0 bridgehead atoms. The number of aryl methyl sites for hydroxylation is 1. The first-order chi connectivity index (χ1) is 19.5. The average molecular weight is 691 g/mol. The molecule has 0 aliphatic rings. The Labute approximate surface area is 248 Å². The molecule has 5 aromatic rings. The lowest BCUT2D eigenvalue weighted by atomic mass is 10.1. The monoisotopic (exact) mass is 691 g/mol. The van der Waals surface area contributed by atoms with Crippen molar-refractivity contribution in [2.24, 2.45) is 0 Å². The Morgan fingerprint density at radius 1 is 1.07 bits per heavy atom. The predicted octanol–water partition coefficient (Wildman–Crippen LogP) is 6.19. The molecule has 8 nitrogen and oxygen atoms in total. The first-order valence-electron chi connectivity index (χ1n) is 12.4. The molecule has 0 saturated heterocycles. The van der Waals surface area contributed by atoms with E-state index in [1.807, 2.05) is 24.3 Å². The van der Waals surface area contributed by atoms with E-state index in [1.165, 1.54) is 23.8 Å². The first kappa shape index (κ1) is 28.7. The highest BCUT2D eigenvalue weighted by Gasteiger charge is 2.32. The third-order valence-electron chi connectivity index (χ3n) is 6.80. The summed E-state index contributed by atoms with van der Waals surface area (Å²) in [4.78, 5) is 15.9. The van der Waals surface area contributed by atoms with Gasteiger partial charge in [0, 0.05) is 15.7 Å². The Balaban J connectivity index is 1.64. The number of halogens is 3. The molecule has 3 aromatic carbocycles. The molecule has 0 radical (unpaired) electrons. The second-order valence-electron chi connectivity index (χ2n) is 9.31. The number of rotatable bonds is 8. The van der Waals surface area contributed by atoms with Crippen LogP contribution in [0.5, 0.6) is 5.75 Å². The van der Waals surface area contributed by atoms with E-state index >= 15 is 4.39 Å². The summed E-state index contributed by atoms with van der Waals surface area (Å²) in [5.74, 6) is -2.45. The van der Waals surface area contributed by atoms with Crippen LogP contribution in [0.3, 0.4) is 0 Å². The number of sulfonamides is 1. The lowest BCUT2D eigenvalue weighted by Crippen LogP contribution is -2.32. The van der Waals surface area contributed by atoms with Gasteiger partial charge in [-0.1, -0.05) is 30.3 Å². The van der Waals surface area contributed by atoms with E-state index in [9.17, 15) is 17.6 Å². The zero-order chi connectivity index (χ0) is 29.5. The smallest absolute Gasteiger partial charge is 0.420 e. The van der Waals surface area contributed by atoms with E-state index in [0.29, 0.717) is 16.9 Å². The van der Waals surface area contributed by atoms with Crippen molar-refractivity contribution < 1.29 is 26.4 Å². The number of benzene rings is 3. The normalized spacial score (nSPS) is 12.4. The van der Waals surface area contributed by atoms with Gasteiger partial charge in [0.2, 0.25) is 5.95 Å². The summed E-state index contributed by atoms with van der Waals surface area (Å²) in [6, 6.07) is 17.6. The molecule has 5 rings (SSSR count). The quantitative estimate of drug-likeness (QED) is 0.142. The van der Waals surface area contributed by atoms with Crippen molar-refractivity contribution in [3.05, 3.63) is 115 Å². The maximum absolute atomic E-state index is 15.7. The van der Waals surface area contributed by atoms with Gasteiger partial charge in [0.05, 0.1) is 25.2 Å². The van der Waals surface area contributed by atoms with E-state index in [2.05, 4.69) is 27.6 Å². The van der Waals surface area contributed by atoms with Gasteiger partial charge in [0.25, 0.3) is 10.0 Å². The molecule has 0 aliphatic carbocycles. The van der Waals surface area contributed by atoms with Crippen molar-refractivity contribution in [1.29, 1.82) is 0 Å². The van der Waals surface area contributed by atoms with E-state index in [0.717, 1.165) is 31.6 Å². The van der Waals surface area contributed by atoms with Crippen LogP contribution in [0.4, 0.5) is 14.6 Å². The van der Waals surface area contributed by atoms with Crippen molar-refractivity contribution in [3.63, 3.8) is 0 Å². The van der Waals surface area contributed by atoms with Crippen molar-refractivity contribution >= 4 is 49.5 Å². The summed E-state index contributed by atoms with van der Waals surface area (Å²) in [5.41, 5.74) is 2.06. The van der Waals surface area contributed by atoms with E-state index in [1.54, 1.807) is 32.0 Å². The lowest BCUT2D eigenvalue weighted by molar-refractivity contribution is 0.414. The molecule has 0 spiro atoms. The van der Waals surface area contributed by atoms with Crippen LogP contribution < -0.4 is 14.8 Å². The van der Waals surface area contributed by atoms with Gasteiger partial charge in [-0.05, 0) is 83.5 Å². The number of ether oxygens (including phenoxy) is 1. The Hall–Kier alpha value is -3.78. The summed E-state index contributed by atoms with van der Waals surface area (Å²) in [6.07, 6.45) is 0. The molecule has 0 saturated carbocycles. The molecule has 2 heterocycles.